The van der Waals surface area contributed by atoms with Crippen LogP contribution >= 0.6 is 0 Å². The average Bonchev–Trinajstić information content (AvgIpc) is 3.01. The topological polar surface area (TPSA) is 74.0 Å². The van der Waals surface area contributed by atoms with E-state index in [0.29, 0.717) is 6.42 Å². The molecule has 2 amide bonds. The van der Waals surface area contributed by atoms with Crippen molar-refractivity contribution in [2.24, 2.45) is 5.41 Å². The Kier molecular flexibility index (Phi) is 2.61. The van der Waals surface area contributed by atoms with Crippen molar-refractivity contribution in [2.75, 3.05) is 0 Å². The molecule has 2 fully saturated rings. The van der Waals surface area contributed by atoms with Gasteiger partial charge in [-0.05, 0) is 36.7 Å². The van der Waals surface area contributed by atoms with Crippen LogP contribution < -0.4 is 10.6 Å². The number of rotatable bonds is 4. The number of benzene rings is 1. The van der Waals surface area contributed by atoms with Crippen molar-refractivity contribution in [1.82, 2.24) is 15.6 Å². The van der Waals surface area contributed by atoms with Crippen molar-refractivity contribution in [1.29, 1.82) is 0 Å². The smallest absolute Gasteiger partial charge is 0.238 e. The van der Waals surface area contributed by atoms with E-state index >= 15 is 0 Å². The lowest BCUT2D eigenvalue weighted by atomic mass is 9.83. The molecule has 1 aromatic heterocycles. The third kappa shape index (κ3) is 1.46. The van der Waals surface area contributed by atoms with Crippen LogP contribution in [0.1, 0.15) is 23.2 Å². The summed E-state index contributed by atoms with van der Waals surface area (Å²) in [6, 6.07) is 7.84. The van der Waals surface area contributed by atoms with E-state index in [4.69, 9.17) is 0 Å². The van der Waals surface area contributed by atoms with E-state index in [-0.39, 0.29) is 16.1 Å². The van der Waals surface area contributed by atoms with Crippen molar-refractivity contribution in [2.45, 2.75) is 18.8 Å². The fourth-order valence-electron chi connectivity index (χ4n) is 4.05. The van der Waals surface area contributed by atoms with Gasteiger partial charge in [-0.1, -0.05) is 24.8 Å². The molecule has 2 aliphatic rings. The van der Waals surface area contributed by atoms with E-state index in [0.717, 1.165) is 22.0 Å². The molecule has 3 N–H and O–H groups in total. The number of H-pyrrole nitrogens is 1. The van der Waals surface area contributed by atoms with Crippen LogP contribution in [0.2, 0.25) is 0 Å². The zero-order chi connectivity index (χ0) is 16.2. The summed E-state index contributed by atoms with van der Waals surface area (Å²) in [7, 11) is 0. The Balaban J connectivity index is 0.00000113. The molecule has 1 aliphatic heterocycles. The lowest BCUT2D eigenvalue weighted by Gasteiger charge is -2.15. The largest absolute Gasteiger partial charge is 0.368 e. The molecular formula is C18H23N3O2. The molecule has 122 valence electrons. The van der Waals surface area contributed by atoms with Crippen LogP contribution in [0.15, 0.2) is 55.0 Å². The molecule has 1 aliphatic carbocycles. The zero-order valence-corrected chi connectivity index (χ0v) is 12.8. The van der Waals surface area contributed by atoms with Gasteiger partial charge in [0.1, 0.15) is 0 Å². The van der Waals surface area contributed by atoms with Gasteiger partial charge in [-0.15, -0.1) is 0 Å². The van der Waals surface area contributed by atoms with E-state index in [1.807, 2.05) is 37.4 Å². The summed E-state index contributed by atoms with van der Waals surface area (Å²) in [5.41, 5.74) is 1.09. The second kappa shape index (κ2) is 4.35. The third-order valence-electron chi connectivity index (χ3n) is 5.28. The molecule has 2 heterocycles. The Hall–Kier alpha value is -2.82. The van der Waals surface area contributed by atoms with Crippen LogP contribution in [0.3, 0.4) is 0 Å². The molecule has 0 spiro atoms. The number of amides is 2. The lowest BCUT2D eigenvalue weighted by molar-refractivity contribution is -0.128. The predicted molar refractivity (Wildman–Crippen MR) is 93.6 cm³/mol. The van der Waals surface area contributed by atoms with Gasteiger partial charge in [-0.2, -0.15) is 0 Å². The monoisotopic (exact) mass is 313 g/mol. The molecule has 0 bridgehead atoms. The summed E-state index contributed by atoms with van der Waals surface area (Å²) in [6.07, 6.45) is 5.67. The van der Waals surface area contributed by atoms with Crippen molar-refractivity contribution in [3.8, 4) is 0 Å². The molecule has 5 nitrogen and oxygen atoms in total. The first kappa shape index (κ1) is 13.8. The molecule has 4 rings (SSSR count). The Morgan fingerprint density at radius 3 is 2.91 bits per heavy atom. The van der Waals surface area contributed by atoms with E-state index in [9.17, 15) is 9.59 Å². The molecule has 0 radical (unpaired) electrons. The van der Waals surface area contributed by atoms with Crippen LogP contribution in [0.5, 0.6) is 0 Å². The first-order valence-corrected chi connectivity index (χ1v) is 7.54. The molecule has 2 unspecified atom stereocenters. The number of piperidine rings is 1. The van der Waals surface area contributed by atoms with Gasteiger partial charge in [0.2, 0.25) is 11.8 Å². The number of hydrogen-bond acceptors (Lipinski definition) is 3. The van der Waals surface area contributed by atoms with E-state index < -0.39 is 10.8 Å². The highest BCUT2D eigenvalue weighted by Crippen LogP contribution is 2.71. The van der Waals surface area contributed by atoms with Crippen molar-refractivity contribution < 1.29 is 13.9 Å². The first-order valence-electron chi connectivity index (χ1n) is 7.54. The Morgan fingerprint density at radius 1 is 1.35 bits per heavy atom. The molecule has 1 saturated carbocycles. The fraction of sp³-hybridized carbons (Fsp3) is 0.222. The van der Waals surface area contributed by atoms with Gasteiger partial charge >= 0.3 is 0 Å². The molecule has 23 heavy (non-hydrogen) atoms. The van der Waals surface area contributed by atoms with Crippen LogP contribution in [-0.2, 0) is 15.0 Å². The van der Waals surface area contributed by atoms with Gasteiger partial charge in [-0.3, -0.25) is 14.9 Å². The molecule has 1 aromatic carbocycles. The maximum absolute atomic E-state index is 12.7. The first-order chi connectivity index (χ1) is 11.1. The van der Waals surface area contributed by atoms with Crippen molar-refractivity contribution >= 4 is 22.7 Å². The molecular weight excluding hydrogens is 290 g/mol. The minimum atomic E-state index is -0.812. The van der Waals surface area contributed by atoms with E-state index in [2.05, 4.69) is 22.2 Å². The Labute approximate surface area is 137 Å². The minimum Gasteiger partial charge on any atom is -0.368 e. The highest BCUT2D eigenvalue weighted by Gasteiger charge is 2.82. The van der Waals surface area contributed by atoms with Crippen LogP contribution in [0.25, 0.3) is 10.9 Å². The van der Waals surface area contributed by atoms with Gasteiger partial charge in [0.15, 0.2) is 0 Å². The number of imide groups is 1. The second-order valence-electron chi connectivity index (χ2n) is 6.22. The van der Waals surface area contributed by atoms with Gasteiger partial charge < -0.3 is 10.3 Å². The van der Waals surface area contributed by atoms with Crippen molar-refractivity contribution in [3.05, 3.63) is 60.6 Å². The summed E-state index contributed by atoms with van der Waals surface area (Å²) >= 11 is 0. The highest BCUT2D eigenvalue weighted by molar-refractivity contribution is 6.20. The normalized spacial score (nSPS) is 29.3. The second-order valence-corrected chi connectivity index (χ2v) is 6.22. The summed E-state index contributed by atoms with van der Waals surface area (Å²) < 4.78 is 0. The lowest BCUT2D eigenvalue weighted by Crippen LogP contribution is -2.30. The SMILES string of the molecule is C=CN/C=C(\C)C12CC1(c1c[nH]c3ccccc13)C(=O)NC2=O.[HH].[HH].[HH]. The molecule has 2 atom stereocenters. The standard InChI is InChI=1S/C18H17N3O2.3H2/c1-3-19-8-11(2)17-10-18(17,16(23)21-15(17)22)13-9-20-14-7-5-4-6-12(13)14;;;/h3-9,19-20H,1,10H2,2H3,(H,21,22,23);3*1H/b11-8+;;;. The summed E-state index contributed by atoms with van der Waals surface area (Å²) in [4.78, 5) is 28.4. The zero-order valence-electron chi connectivity index (χ0n) is 12.8. The summed E-state index contributed by atoms with van der Waals surface area (Å²) in [5, 5.41) is 6.43. The summed E-state index contributed by atoms with van der Waals surface area (Å²) in [6.45, 7) is 5.49. The number of aromatic amines is 1. The van der Waals surface area contributed by atoms with E-state index in [1.165, 1.54) is 0 Å². The minimum absolute atomic E-state index is 0. The number of para-hydroxylation sites is 1. The fourth-order valence-corrected chi connectivity index (χ4v) is 4.05. The van der Waals surface area contributed by atoms with Gasteiger partial charge in [-0.25, -0.2) is 0 Å². The van der Waals surface area contributed by atoms with Crippen LogP contribution in [0, 0.1) is 5.41 Å². The van der Waals surface area contributed by atoms with E-state index in [1.54, 1.807) is 12.4 Å². The number of carbonyl (C=O) groups excluding carboxylic acids is 2. The average molecular weight is 313 g/mol. The maximum atomic E-state index is 12.7. The van der Waals surface area contributed by atoms with Gasteiger partial charge in [0.05, 0.1) is 10.8 Å². The molecule has 1 saturated heterocycles. The van der Waals surface area contributed by atoms with Gasteiger partial charge in [0.25, 0.3) is 0 Å². The Bertz CT molecular complexity index is 908. The Morgan fingerprint density at radius 2 is 2.13 bits per heavy atom. The van der Waals surface area contributed by atoms with Crippen LogP contribution in [0.4, 0.5) is 0 Å². The number of fused-ring (bicyclic) bond motifs is 2. The summed E-state index contributed by atoms with van der Waals surface area (Å²) in [5.74, 6) is -0.425. The quantitative estimate of drug-likeness (QED) is 0.760. The van der Waals surface area contributed by atoms with Gasteiger partial charge in [0, 0.05) is 27.6 Å². The third-order valence-corrected chi connectivity index (χ3v) is 5.28. The number of hydrogen-bond donors (Lipinski definition) is 3. The molecule has 2 aromatic rings. The number of nitrogens with one attached hydrogen (secondary N) is 3. The van der Waals surface area contributed by atoms with Crippen molar-refractivity contribution in [3.63, 3.8) is 0 Å². The number of aromatic nitrogens is 1. The highest BCUT2D eigenvalue weighted by atomic mass is 16.2. The van der Waals surface area contributed by atoms with Crippen LogP contribution in [-0.4, -0.2) is 16.8 Å². The predicted octanol–water partition coefficient (Wildman–Crippen LogP) is 2.83. The number of carbonyl (C=O) groups is 2. The maximum Gasteiger partial charge on any atom is 0.238 e. The molecule has 5 heteroatoms.